The highest BCUT2D eigenvalue weighted by molar-refractivity contribution is 7.24. The third-order valence-electron chi connectivity index (χ3n) is 4.93. The van der Waals surface area contributed by atoms with Gasteiger partial charge in [-0.15, -0.1) is 11.3 Å². The maximum Gasteiger partial charge on any atom is 0.197 e. The smallest absolute Gasteiger partial charge is 0.197 e. The summed E-state index contributed by atoms with van der Waals surface area (Å²) in [4.78, 5) is 17.8. The molecule has 0 spiro atoms. The molecule has 27 heavy (non-hydrogen) atoms. The summed E-state index contributed by atoms with van der Waals surface area (Å²) in [5.41, 5.74) is 2.29. The van der Waals surface area contributed by atoms with Gasteiger partial charge in [0.25, 0.3) is 0 Å². The van der Waals surface area contributed by atoms with E-state index in [1.165, 1.54) is 5.56 Å². The first-order chi connectivity index (χ1) is 13.0. The number of fused-ring (bicyclic) bond motifs is 2. The number of hydrogen-bond donors (Lipinski definition) is 1. The zero-order valence-corrected chi connectivity index (χ0v) is 17.5. The van der Waals surface area contributed by atoms with Crippen molar-refractivity contribution in [1.82, 2.24) is 9.80 Å². The molecule has 0 aliphatic carbocycles. The Balaban J connectivity index is 2.08. The maximum absolute atomic E-state index is 13.3. The van der Waals surface area contributed by atoms with Crippen molar-refractivity contribution in [2.24, 2.45) is 0 Å². The van der Waals surface area contributed by atoms with Crippen molar-refractivity contribution in [3.63, 3.8) is 0 Å². The zero-order valence-electron chi connectivity index (χ0n) is 16.7. The molecule has 1 aromatic heterocycles. The Morgan fingerprint density at radius 3 is 2.48 bits per heavy atom. The fourth-order valence-electron chi connectivity index (χ4n) is 3.46. The van der Waals surface area contributed by atoms with Crippen LogP contribution in [0.4, 0.5) is 5.69 Å². The summed E-state index contributed by atoms with van der Waals surface area (Å²) in [7, 11) is 4.12. The van der Waals surface area contributed by atoms with Crippen molar-refractivity contribution in [2.75, 3.05) is 45.6 Å². The van der Waals surface area contributed by atoms with Crippen LogP contribution in [0.3, 0.4) is 0 Å². The molecule has 0 saturated carbocycles. The molecular weight excluding hydrogens is 354 g/mol. The molecule has 0 unspecified atom stereocenters. The molecule has 0 fully saturated rings. The van der Waals surface area contributed by atoms with Crippen LogP contribution in [0.2, 0.25) is 0 Å². The number of anilines is 1. The van der Waals surface area contributed by atoms with Gasteiger partial charge in [-0.25, -0.2) is 0 Å². The first-order valence-electron chi connectivity index (χ1n) is 9.63. The van der Waals surface area contributed by atoms with Crippen LogP contribution >= 0.6 is 11.3 Å². The number of nitrogens with one attached hydrogen (secondary N) is 1. The van der Waals surface area contributed by atoms with Crippen molar-refractivity contribution in [3.8, 4) is 0 Å². The lowest BCUT2D eigenvalue weighted by Gasteiger charge is -2.19. The summed E-state index contributed by atoms with van der Waals surface area (Å²) < 4.78 is 2.15. The van der Waals surface area contributed by atoms with E-state index in [-0.39, 0.29) is 5.43 Å². The second-order valence-corrected chi connectivity index (χ2v) is 8.15. The highest BCUT2D eigenvalue weighted by atomic mass is 32.1. The molecule has 144 valence electrons. The van der Waals surface area contributed by atoms with E-state index >= 15 is 0 Å². The van der Waals surface area contributed by atoms with E-state index in [9.17, 15) is 4.79 Å². The molecule has 0 aliphatic rings. The lowest BCUT2D eigenvalue weighted by Crippen LogP contribution is -2.28. The fourth-order valence-corrected chi connectivity index (χ4v) is 4.66. The minimum absolute atomic E-state index is 0.130. The average Bonchev–Trinajstić information content (AvgIpc) is 2.66. The van der Waals surface area contributed by atoms with E-state index in [1.807, 2.05) is 24.3 Å². The Labute approximate surface area is 165 Å². The topological polar surface area (TPSA) is 35.6 Å². The highest BCUT2D eigenvalue weighted by Gasteiger charge is 2.14. The van der Waals surface area contributed by atoms with Gasteiger partial charge in [0.15, 0.2) is 5.43 Å². The quantitative estimate of drug-likeness (QED) is 0.591. The third-order valence-corrected chi connectivity index (χ3v) is 6.18. The van der Waals surface area contributed by atoms with Crippen molar-refractivity contribution in [2.45, 2.75) is 20.4 Å². The number of rotatable bonds is 8. The minimum Gasteiger partial charge on any atom is -0.383 e. The Morgan fingerprint density at radius 2 is 1.78 bits per heavy atom. The van der Waals surface area contributed by atoms with Crippen LogP contribution in [-0.2, 0) is 6.54 Å². The minimum atomic E-state index is 0.130. The van der Waals surface area contributed by atoms with E-state index in [0.717, 1.165) is 58.6 Å². The molecule has 0 aliphatic heterocycles. The summed E-state index contributed by atoms with van der Waals surface area (Å²) in [6, 6.07) is 12.2. The van der Waals surface area contributed by atoms with Crippen molar-refractivity contribution >= 4 is 37.2 Å². The Morgan fingerprint density at radius 1 is 1.04 bits per heavy atom. The molecule has 0 bridgehead atoms. The average molecular weight is 384 g/mol. The molecule has 3 aromatic rings. The summed E-state index contributed by atoms with van der Waals surface area (Å²) >= 11 is 1.72. The Kier molecular flexibility index (Phi) is 6.47. The largest absolute Gasteiger partial charge is 0.383 e. The van der Waals surface area contributed by atoms with Crippen LogP contribution in [-0.4, -0.2) is 50.1 Å². The molecule has 3 rings (SSSR count). The molecule has 2 aromatic carbocycles. The van der Waals surface area contributed by atoms with E-state index in [1.54, 1.807) is 11.3 Å². The van der Waals surface area contributed by atoms with Crippen molar-refractivity contribution < 1.29 is 0 Å². The van der Waals surface area contributed by atoms with Gasteiger partial charge in [0, 0.05) is 40.1 Å². The molecule has 1 N–H and O–H groups in total. The normalized spacial score (nSPS) is 11.8. The predicted molar refractivity (Wildman–Crippen MR) is 119 cm³/mol. The van der Waals surface area contributed by atoms with Crippen molar-refractivity contribution in [3.05, 3.63) is 52.2 Å². The van der Waals surface area contributed by atoms with Gasteiger partial charge in [-0.2, -0.15) is 0 Å². The molecule has 1 heterocycles. The lowest BCUT2D eigenvalue weighted by molar-refractivity contribution is 0.316. The Hall–Kier alpha value is -1.95. The number of likely N-dealkylation sites (N-methyl/N-ethyl adjacent to an activating group) is 1. The molecule has 0 radical (unpaired) electrons. The van der Waals surface area contributed by atoms with Crippen LogP contribution in [0.1, 0.15) is 19.4 Å². The van der Waals surface area contributed by atoms with Gasteiger partial charge in [-0.1, -0.05) is 32.0 Å². The maximum atomic E-state index is 13.3. The molecular formula is C22H29N3OS. The van der Waals surface area contributed by atoms with E-state index in [4.69, 9.17) is 0 Å². The monoisotopic (exact) mass is 383 g/mol. The van der Waals surface area contributed by atoms with Crippen LogP contribution in [0.15, 0.2) is 41.2 Å². The van der Waals surface area contributed by atoms with Gasteiger partial charge in [-0.3, -0.25) is 4.79 Å². The van der Waals surface area contributed by atoms with Crippen LogP contribution in [0, 0.1) is 0 Å². The second-order valence-electron chi connectivity index (χ2n) is 7.10. The number of nitrogens with zero attached hydrogens (tertiary/aromatic N) is 2. The zero-order chi connectivity index (χ0) is 19.4. The summed E-state index contributed by atoms with van der Waals surface area (Å²) in [6.07, 6.45) is 0. The van der Waals surface area contributed by atoms with Crippen LogP contribution in [0.5, 0.6) is 0 Å². The first-order valence-corrected chi connectivity index (χ1v) is 10.4. The predicted octanol–water partition coefficient (Wildman–Crippen LogP) is 4.23. The fraction of sp³-hybridized carbons (Fsp3) is 0.409. The molecule has 4 nitrogen and oxygen atoms in total. The molecule has 0 amide bonds. The summed E-state index contributed by atoms with van der Waals surface area (Å²) in [5.74, 6) is 0. The van der Waals surface area contributed by atoms with Gasteiger partial charge in [0.05, 0.1) is 5.39 Å². The molecule has 0 atom stereocenters. The summed E-state index contributed by atoms with van der Waals surface area (Å²) in [6.45, 7) is 9.07. The van der Waals surface area contributed by atoms with Gasteiger partial charge < -0.3 is 15.1 Å². The summed E-state index contributed by atoms with van der Waals surface area (Å²) in [5, 5.41) is 5.16. The third kappa shape index (κ3) is 4.32. The van der Waals surface area contributed by atoms with Gasteiger partial charge >= 0.3 is 0 Å². The van der Waals surface area contributed by atoms with Crippen molar-refractivity contribution in [1.29, 1.82) is 0 Å². The van der Waals surface area contributed by atoms with Crippen LogP contribution < -0.4 is 10.7 Å². The van der Waals surface area contributed by atoms with Gasteiger partial charge in [0.1, 0.15) is 0 Å². The van der Waals surface area contributed by atoms with Crippen LogP contribution in [0.25, 0.3) is 20.2 Å². The molecule has 5 heteroatoms. The lowest BCUT2D eigenvalue weighted by atomic mass is 10.1. The SMILES string of the molecule is CCN(CC)CCNc1ccc(CN(C)C)c2sc3ccccc3c(=O)c12. The molecule has 0 saturated heterocycles. The van der Waals surface area contributed by atoms with Gasteiger partial charge in [-0.05, 0) is 50.9 Å². The van der Waals surface area contributed by atoms with E-state index in [2.05, 4.69) is 55.2 Å². The number of hydrogen-bond acceptors (Lipinski definition) is 5. The Bertz CT molecular complexity index is 976. The highest BCUT2D eigenvalue weighted by Crippen LogP contribution is 2.32. The van der Waals surface area contributed by atoms with E-state index < -0.39 is 0 Å². The van der Waals surface area contributed by atoms with E-state index in [0.29, 0.717) is 0 Å². The number of benzene rings is 2. The van der Waals surface area contributed by atoms with Gasteiger partial charge in [0.2, 0.25) is 0 Å². The standard InChI is InChI=1S/C22H29N3OS/c1-5-25(6-2)14-13-23-18-12-11-16(15-24(3)4)22-20(18)21(26)17-9-7-8-10-19(17)27-22/h7-12,23H,5-6,13-15H2,1-4H3. The second kappa shape index (κ2) is 8.83. The first kappa shape index (κ1) is 19.8.